The van der Waals surface area contributed by atoms with Gasteiger partial charge in [-0.3, -0.25) is 4.90 Å². The zero-order valence-corrected chi connectivity index (χ0v) is 12.7. The molecule has 1 aromatic carbocycles. The predicted molar refractivity (Wildman–Crippen MR) is 84.5 cm³/mol. The Morgan fingerprint density at radius 3 is 2.40 bits per heavy atom. The Balaban J connectivity index is 1.40. The van der Waals surface area contributed by atoms with Crippen LogP contribution in [0.15, 0.2) is 24.3 Å². The van der Waals surface area contributed by atoms with Crippen LogP contribution in [0.2, 0.25) is 5.02 Å². The van der Waals surface area contributed by atoms with E-state index in [0.717, 1.165) is 36.0 Å². The van der Waals surface area contributed by atoms with E-state index in [9.17, 15) is 0 Å². The van der Waals surface area contributed by atoms with Crippen molar-refractivity contribution in [2.24, 2.45) is 11.8 Å². The summed E-state index contributed by atoms with van der Waals surface area (Å²) in [5.74, 6) is 2.05. The third-order valence-electron chi connectivity index (χ3n) is 5.68. The van der Waals surface area contributed by atoms with Crippen molar-refractivity contribution in [1.82, 2.24) is 4.90 Å². The van der Waals surface area contributed by atoms with Gasteiger partial charge < -0.3 is 4.90 Å². The minimum atomic E-state index is 0.890. The molecule has 3 fully saturated rings. The second-order valence-corrected chi connectivity index (χ2v) is 7.12. The highest BCUT2D eigenvalue weighted by molar-refractivity contribution is 6.33. The normalized spacial score (nSPS) is 33.9. The molecule has 0 unspecified atom stereocenters. The molecule has 1 saturated heterocycles. The van der Waals surface area contributed by atoms with Crippen LogP contribution in [0.4, 0.5) is 5.69 Å². The van der Waals surface area contributed by atoms with Crippen LogP contribution in [-0.4, -0.2) is 37.1 Å². The van der Waals surface area contributed by atoms with Crippen molar-refractivity contribution in [1.29, 1.82) is 0 Å². The highest BCUT2D eigenvalue weighted by Gasteiger charge is 2.42. The van der Waals surface area contributed by atoms with E-state index >= 15 is 0 Å². The summed E-state index contributed by atoms with van der Waals surface area (Å²) in [5, 5.41) is 0.890. The average Bonchev–Trinajstić information content (AvgIpc) is 3.11. The van der Waals surface area contributed by atoms with Gasteiger partial charge in [0.25, 0.3) is 0 Å². The van der Waals surface area contributed by atoms with Crippen molar-refractivity contribution < 1.29 is 0 Å². The minimum absolute atomic E-state index is 0.890. The molecule has 0 spiro atoms. The maximum absolute atomic E-state index is 6.32. The lowest BCUT2D eigenvalue weighted by atomic mass is 9.93. The van der Waals surface area contributed by atoms with Gasteiger partial charge in [0, 0.05) is 32.2 Å². The molecule has 2 saturated carbocycles. The number of fused-ring (bicyclic) bond motifs is 2. The number of benzene rings is 1. The van der Waals surface area contributed by atoms with Gasteiger partial charge in [0.15, 0.2) is 0 Å². The van der Waals surface area contributed by atoms with Crippen molar-refractivity contribution in [3.63, 3.8) is 0 Å². The molecule has 0 aromatic heterocycles. The van der Waals surface area contributed by atoms with Gasteiger partial charge in [0.05, 0.1) is 10.7 Å². The summed E-state index contributed by atoms with van der Waals surface area (Å²) in [4.78, 5) is 5.21. The van der Waals surface area contributed by atoms with Crippen molar-refractivity contribution in [2.45, 2.75) is 31.7 Å². The van der Waals surface area contributed by atoms with Crippen LogP contribution in [0.1, 0.15) is 25.7 Å². The van der Waals surface area contributed by atoms with E-state index in [1.54, 1.807) is 0 Å². The molecule has 2 nitrogen and oxygen atoms in total. The van der Waals surface area contributed by atoms with Crippen LogP contribution in [0.3, 0.4) is 0 Å². The van der Waals surface area contributed by atoms with E-state index in [4.69, 9.17) is 11.6 Å². The summed E-state index contributed by atoms with van der Waals surface area (Å²) in [6, 6.07) is 9.14. The number of nitrogens with zero attached hydrogens (tertiary/aromatic N) is 2. The van der Waals surface area contributed by atoms with Gasteiger partial charge in [-0.1, -0.05) is 30.2 Å². The summed E-state index contributed by atoms with van der Waals surface area (Å²) >= 11 is 6.32. The number of anilines is 1. The molecule has 3 atom stereocenters. The molecule has 3 heteroatoms. The predicted octanol–water partition coefficient (Wildman–Crippen LogP) is 3.65. The molecule has 4 rings (SSSR count). The molecule has 0 amide bonds. The Hall–Kier alpha value is -0.730. The van der Waals surface area contributed by atoms with Crippen LogP contribution < -0.4 is 4.90 Å². The highest BCUT2D eigenvalue weighted by Crippen LogP contribution is 2.46. The van der Waals surface area contributed by atoms with E-state index in [0.29, 0.717) is 0 Å². The zero-order valence-electron chi connectivity index (χ0n) is 12.0. The number of hydrogen-bond acceptors (Lipinski definition) is 2. The van der Waals surface area contributed by atoms with Gasteiger partial charge >= 0.3 is 0 Å². The van der Waals surface area contributed by atoms with Crippen LogP contribution in [0.25, 0.3) is 0 Å². The van der Waals surface area contributed by atoms with E-state index in [-0.39, 0.29) is 0 Å². The van der Waals surface area contributed by atoms with Gasteiger partial charge in [-0.25, -0.2) is 0 Å². The van der Waals surface area contributed by atoms with E-state index in [2.05, 4.69) is 21.9 Å². The fourth-order valence-corrected chi connectivity index (χ4v) is 4.92. The first-order valence-corrected chi connectivity index (χ1v) is 8.42. The molecular formula is C17H23ClN2. The van der Waals surface area contributed by atoms with E-state index in [1.165, 1.54) is 44.5 Å². The van der Waals surface area contributed by atoms with Gasteiger partial charge in [-0.05, 0) is 43.2 Å². The molecule has 0 radical (unpaired) electrons. The Labute approximate surface area is 126 Å². The van der Waals surface area contributed by atoms with Crippen molar-refractivity contribution in [3.8, 4) is 0 Å². The smallest absolute Gasteiger partial charge is 0.0639 e. The van der Waals surface area contributed by atoms with Gasteiger partial charge in [-0.2, -0.15) is 0 Å². The molecule has 1 aliphatic heterocycles. The summed E-state index contributed by atoms with van der Waals surface area (Å²) in [5.41, 5.74) is 1.21. The number of para-hydroxylation sites is 1. The van der Waals surface area contributed by atoms with E-state index < -0.39 is 0 Å². The second-order valence-electron chi connectivity index (χ2n) is 6.72. The summed E-state index contributed by atoms with van der Waals surface area (Å²) in [7, 11) is 0. The molecule has 108 valence electrons. The Bertz CT molecular complexity index is 482. The lowest BCUT2D eigenvalue weighted by Crippen LogP contribution is -2.51. The third-order valence-corrected chi connectivity index (χ3v) is 6.00. The van der Waals surface area contributed by atoms with Gasteiger partial charge in [-0.15, -0.1) is 0 Å². The molecule has 3 aliphatic rings. The number of hydrogen-bond donors (Lipinski definition) is 0. The SMILES string of the molecule is Clc1ccccc1N1CCN([C@@H]2C[C@H]3CC[C@H]2C3)CC1. The molecule has 1 aromatic rings. The van der Waals surface area contributed by atoms with Crippen molar-refractivity contribution >= 4 is 17.3 Å². The monoisotopic (exact) mass is 290 g/mol. The number of piperazine rings is 1. The third kappa shape index (κ3) is 2.23. The first-order chi connectivity index (χ1) is 9.81. The van der Waals surface area contributed by atoms with Crippen LogP contribution >= 0.6 is 11.6 Å². The lowest BCUT2D eigenvalue weighted by Gasteiger charge is -2.42. The number of halogens is 1. The summed E-state index contributed by atoms with van der Waals surface area (Å²) < 4.78 is 0. The van der Waals surface area contributed by atoms with Crippen LogP contribution in [0.5, 0.6) is 0 Å². The maximum atomic E-state index is 6.32. The van der Waals surface area contributed by atoms with Crippen molar-refractivity contribution in [2.75, 3.05) is 31.1 Å². The second kappa shape index (κ2) is 5.23. The topological polar surface area (TPSA) is 6.48 Å². The maximum Gasteiger partial charge on any atom is 0.0639 e. The Kier molecular flexibility index (Phi) is 3.39. The van der Waals surface area contributed by atoms with Gasteiger partial charge in [0.1, 0.15) is 0 Å². The summed E-state index contributed by atoms with van der Waals surface area (Å²) in [6.07, 6.45) is 5.97. The molecule has 1 heterocycles. The van der Waals surface area contributed by atoms with E-state index in [1.807, 2.05) is 12.1 Å². The van der Waals surface area contributed by atoms with Gasteiger partial charge in [0.2, 0.25) is 0 Å². The average molecular weight is 291 g/mol. The lowest BCUT2D eigenvalue weighted by molar-refractivity contribution is 0.135. The first kappa shape index (κ1) is 13.0. The summed E-state index contributed by atoms with van der Waals surface area (Å²) in [6.45, 7) is 4.66. The van der Waals surface area contributed by atoms with Crippen LogP contribution in [0, 0.1) is 11.8 Å². The molecule has 2 bridgehead atoms. The largest absolute Gasteiger partial charge is 0.368 e. The first-order valence-electron chi connectivity index (χ1n) is 8.05. The molecule has 20 heavy (non-hydrogen) atoms. The highest BCUT2D eigenvalue weighted by atomic mass is 35.5. The van der Waals surface area contributed by atoms with Crippen LogP contribution in [-0.2, 0) is 0 Å². The fourth-order valence-electron chi connectivity index (χ4n) is 4.66. The molecule has 2 aliphatic carbocycles. The Morgan fingerprint density at radius 2 is 1.75 bits per heavy atom. The quantitative estimate of drug-likeness (QED) is 0.820. The Morgan fingerprint density at radius 1 is 0.950 bits per heavy atom. The zero-order chi connectivity index (χ0) is 13.5. The molecular weight excluding hydrogens is 268 g/mol. The fraction of sp³-hybridized carbons (Fsp3) is 0.647. The number of rotatable bonds is 2. The standard InChI is InChI=1S/C17H23ClN2/c18-15-3-1-2-4-16(15)19-7-9-20(10-8-19)17-12-13-5-6-14(17)11-13/h1-4,13-14,17H,5-12H2/t13-,14-,17+/m0/s1. The molecule has 0 N–H and O–H groups in total. The van der Waals surface area contributed by atoms with Crippen molar-refractivity contribution in [3.05, 3.63) is 29.3 Å². The minimum Gasteiger partial charge on any atom is -0.368 e.